The highest BCUT2D eigenvalue weighted by Gasteiger charge is 2.35. The SMILES string of the molecule is CCCn1ncnc1CC1(O)CCCC(C(C)(C)C)CC1. The van der Waals surface area contributed by atoms with Crippen LogP contribution in [0.2, 0.25) is 0 Å². The monoisotopic (exact) mass is 293 g/mol. The molecule has 1 aromatic rings. The van der Waals surface area contributed by atoms with Gasteiger partial charge in [-0.25, -0.2) is 4.98 Å². The second-order valence-electron chi connectivity index (χ2n) is 7.79. The Bertz CT molecular complexity index is 449. The first-order valence-electron chi connectivity index (χ1n) is 8.43. The summed E-state index contributed by atoms with van der Waals surface area (Å²) in [7, 11) is 0. The van der Waals surface area contributed by atoms with Crippen molar-refractivity contribution in [3.05, 3.63) is 12.2 Å². The van der Waals surface area contributed by atoms with E-state index in [1.54, 1.807) is 6.33 Å². The summed E-state index contributed by atoms with van der Waals surface area (Å²) < 4.78 is 1.95. The van der Waals surface area contributed by atoms with Gasteiger partial charge in [-0.15, -0.1) is 0 Å². The quantitative estimate of drug-likeness (QED) is 0.863. The normalized spacial score (nSPS) is 27.6. The summed E-state index contributed by atoms with van der Waals surface area (Å²) in [4.78, 5) is 4.36. The molecule has 4 heteroatoms. The Kier molecular flexibility index (Phi) is 5.07. The maximum Gasteiger partial charge on any atom is 0.138 e. The maximum atomic E-state index is 11.0. The minimum Gasteiger partial charge on any atom is -0.389 e. The second kappa shape index (κ2) is 6.47. The predicted molar refractivity (Wildman–Crippen MR) is 85.0 cm³/mol. The minimum absolute atomic E-state index is 0.341. The molecule has 1 aliphatic carbocycles. The van der Waals surface area contributed by atoms with E-state index in [4.69, 9.17) is 0 Å². The molecule has 120 valence electrons. The van der Waals surface area contributed by atoms with Crippen molar-refractivity contribution in [1.82, 2.24) is 14.8 Å². The first-order valence-corrected chi connectivity index (χ1v) is 8.43. The number of aryl methyl sites for hydroxylation is 1. The summed E-state index contributed by atoms with van der Waals surface area (Å²) in [6.07, 6.45) is 8.52. The minimum atomic E-state index is -0.599. The summed E-state index contributed by atoms with van der Waals surface area (Å²) in [5, 5.41) is 15.3. The Morgan fingerprint density at radius 1 is 1.33 bits per heavy atom. The highest BCUT2D eigenvalue weighted by Crippen LogP contribution is 2.40. The fraction of sp³-hybridized carbons (Fsp3) is 0.882. The van der Waals surface area contributed by atoms with E-state index in [1.165, 1.54) is 6.42 Å². The number of aliphatic hydroxyl groups is 1. The van der Waals surface area contributed by atoms with Gasteiger partial charge in [0, 0.05) is 13.0 Å². The van der Waals surface area contributed by atoms with E-state index in [0.29, 0.717) is 17.8 Å². The van der Waals surface area contributed by atoms with Crippen LogP contribution in [0.25, 0.3) is 0 Å². The topological polar surface area (TPSA) is 50.9 Å². The molecular weight excluding hydrogens is 262 g/mol. The van der Waals surface area contributed by atoms with Gasteiger partial charge in [-0.3, -0.25) is 4.68 Å². The molecule has 1 fully saturated rings. The molecule has 21 heavy (non-hydrogen) atoms. The first kappa shape index (κ1) is 16.5. The first-order chi connectivity index (χ1) is 9.84. The summed E-state index contributed by atoms with van der Waals surface area (Å²) in [6, 6.07) is 0. The molecule has 0 radical (unpaired) electrons. The zero-order chi connectivity index (χ0) is 15.5. The zero-order valence-electron chi connectivity index (χ0n) is 14.1. The third-order valence-electron chi connectivity index (χ3n) is 5.00. The van der Waals surface area contributed by atoms with E-state index in [9.17, 15) is 5.11 Å². The largest absolute Gasteiger partial charge is 0.389 e. The molecule has 0 aromatic carbocycles. The van der Waals surface area contributed by atoms with Crippen LogP contribution in [-0.4, -0.2) is 25.5 Å². The number of hydrogen-bond acceptors (Lipinski definition) is 3. The standard InChI is InChI=1S/C17H31N3O/c1-5-11-20-15(18-13-19-20)12-17(21)9-6-7-14(8-10-17)16(2,3)4/h13-14,21H,5-12H2,1-4H3. The molecule has 0 bridgehead atoms. The molecule has 4 nitrogen and oxygen atoms in total. The third-order valence-corrected chi connectivity index (χ3v) is 5.00. The smallest absolute Gasteiger partial charge is 0.138 e. The van der Waals surface area contributed by atoms with E-state index in [1.807, 2.05) is 4.68 Å². The summed E-state index contributed by atoms with van der Waals surface area (Å²) >= 11 is 0. The molecule has 1 aromatic heterocycles. The zero-order valence-corrected chi connectivity index (χ0v) is 14.1. The number of hydrogen-bond donors (Lipinski definition) is 1. The molecule has 1 saturated carbocycles. The van der Waals surface area contributed by atoms with Gasteiger partial charge in [-0.2, -0.15) is 5.10 Å². The van der Waals surface area contributed by atoms with Crippen molar-refractivity contribution >= 4 is 0 Å². The molecule has 1 N–H and O–H groups in total. The van der Waals surface area contributed by atoms with E-state index < -0.39 is 5.60 Å². The lowest BCUT2D eigenvalue weighted by Gasteiger charge is -2.31. The molecule has 2 rings (SSSR count). The molecule has 0 aliphatic heterocycles. The van der Waals surface area contributed by atoms with Crippen LogP contribution in [0.4, 0.5) is 0 Å². The molecular formula is C17H31N3O. The van der Waals surface area contributed by atoms with Gasteiger partial charge in [0.05, 0.1) is 5.60 Å². The van der Waals surface area contributed by atoms with Crippen LogP contribution >= 0.6 is 0 Å². The second-order valence-corrected chi connectivity index (χ2v) is 7.79. The van der Waals surface area contributed by atoms with Crippen LogP contribution in [0.1, 0.15) is 72.0 Å². The van der Waals surface area contributed by atoms with Crippen LogP contribution in [0.3, 0.4) is 0 Å². The van der Waals surface area contributed by atoms with Crippen molar-refractivity contribution in [3.8, 4) is 0 Å². The van der Waals surface area contributed by atoms with Gasteiger partial charge in [-0.05, 0) is 43.4 Å². The van der Waals surface area contributed by atoms with E-state index in [2.05, 4.69) is 37.8 Å². The summed E-state index contributed by atoms with van der Waals surface area (Å²) in [6.45, 7) is 9.98. The average molecular weight is 293 g/mol. The molecule has 1 heterocycles. The van der Waals surface area contributed by atoms with Crippen molar-refractivity contribution in [3.63, 3.8) is 0 Å². The predicted octanol–water partition coefficient (Wildman–Crippen LogP) is 3.59. The highest BCUT2D eigenvalue weighted by atomic mass is 16.3. The Morgan fingerprint density at radius 3 is 2.76 bits per heavy atom. The molecule has 2 atom stereocenters. The molecule has 0 spiro atoms. The van der Waals surface area contributed by atoms with E-state index >= 15 is 0 Å². The molecule has 0 saturated heterocycles. The number of rotatable bonds is 4. The van der Waals surface area contributed by atoms with Crippen molar-refractivity contribution in [1.29, 1.82) is 0 Å². The fourth-order valence-electron chi connectivity index (χ4n) is 3.55. The van der Waals surface area contributed by atoms with Crippen LogP contribution in [-0.2, 0) is 13.0 Å². The fourth-order valence-corrected chi connectivity index (χ4v) is 3.55. The van der Waals surface area contributed by atoms with Gasteiger partial charge in [0.15, 0.2) is 0 Å². The summed E-state index contributed by atoms with van der Waals surface area (Å²) in [5.74, 6) is 1.65. The number of nitrogens with zero attached hydrogens (tertiary/aromatic N) is 3. The lowest BCUT2D eigenvalue weighted by Crippen LogP contribution is -2.32. The van der Waals surface area contributed by atoms with Gasteiger partial charge in [0.2, 0.25) is 0 Å². The van der Waals surface area contributed by atoms with Gasteiger partial charge in [0.25, 0.3) is 0 Å². The van der Waals surface area contributed by atoms with Crippen LogP contribution in [0.5, 0.6) is 0 Å². The maximum absolute atomic E-state index is 11.0. The lowest BCUT2D eigenvalue weighted by molar-refractivity contribution is 0.0197. The van der Waals surface area contributed by atoms with Crippen molar-refractivity contribution in [2.24, 2.45) is 11.3 Å². The van der Waals surface area contributed by atoms with E-state index in [0.717, 1.165) is 44.5 Å². The molecule has 2 unspecified atom stereocenters. The van der Waals surface area contributed by atoms with Gasteiger partial charge in [0.1, 0.15) is 12.2 Å². The highest BCUT2D eigenvalue weighted by molar-refractivity contribution is 4.97. The lowest BCUT2D eigenvalue weighted by atomic mass is 9.76. The van der Waals surface area contributed by atoms with Gasteiger partial charge < -0.3 is 5.11 Å². The van der Waals surface area contributed by atoms with Crippen LogP contribution in [0, 0.1) is 11.3 Å². The Morgan fingerprint density at radius 2 is 2.10 bits per heavy atom. The van der Waals surface area contributed by atoms with Gasteiger partial charge >= 0.3 is 0 Å². The van der Waals surface area contributed by atoms with Crippen LogP contribution < -0.4 is 0 Å². The Hall–Kier alpha value is -0.900. The van der Waals surface area contributed by atoms with Crippen LogP contribution in [0.15, 0.2) is 6.33 Å². The molecule has 1 aliphatic rings. The number of aromatic nitrogens is 3. The van der Waals surface area contributed by atoms with E-state index in [-0.39, 0.29) is 0 Å². The Balaban J connectivity index is 2.03. The third kappa shape index (κ3) is 4.29. The van der Waals surface area contributed by atoms with Crippen molar-refractivity contribution in [2.75, 3.05) is 0 Å². The summed E-state index contributed by atoms with van der Waals surface area (Å²) in [5.41, 5.74) is -0.258. The van der Waals surface area contributed by atoms with Crippen molar-refractivity contribution in [2.45, 2.75) is 84.8 Å². The Labute approximate surface area is 129 Å². The average Bonchev–Trinajstić information content (AvgIpc) is 2.69. The van der Waals surface area contributed by atoms with Crippen molar-refractivity contribution < 1.29 is 5.11 Å². The van der Waals surface area contributed by atoms with Gasteiger partial charge in [-0.1, -0.05) is 34.1 Å². The molecule has 0 amide bonds.